The van der Waals surface area contributed by atoms with Crippen LogP contribution >= 0.6 is 0 Å². The van der Waals surface area contributed by atoms with Crippen LogP contribution in [0.2, 0.25) is 0 Å². The highest BCUT2D eigenvalue weighted by atomic mass is 19.1. The Morgan fingerprint density at radius 3 is 2.65 bits per heavy atom. The monoisotopic (exact) mass is 322 g/mol. The highest BCUT2D eigenvalue weighted by Gasteiger charge is 2.26. The van der Waals surface area contributed by atoms with Gasteiger partial charge in [-0.15, -0.1) is 0 Å². The van der Waals surface area contributed by atoms with Gasteiger partial charge in [-0.05, 0) is 25.0 Å². The van der Waals surface area contributed by atoms with E-state index in [-0.39, 0.29) is 17.5 Å². The number of hydrogen-bond donors (Lipinski definition) is 2. The number of nitrogens with one attached hydrogen (secondary N) is 1. The fourth-order valence-corrected chi connectivity index (χ4v) is 2.66. The molecule has 1 fully saturated rings. The van der Waals surface area contributed by atoms with E-state index in [1.165, 1.54) is 6.07 Å². The zero-order chi connectivity index (χ0) is 16.4. The molecule has 2 amide bonds. The Kier molecular flexibility index (Phi) is 4.14. The predicted octanol–water partition coefficient (Wildman–Crippen LogP) is 2.95. The normalized spacial score (nSPS) is 15.7. The average Bonchev–Trinajstić information content (AvgIpc) is 2.97. The van der Waals surface area contributed by atoms with Crippen LogP contribution in [0.3, 0.4) is 0 Å². The number of urea groups is 1. The van der Waals surface area contributed by atoms with Gasteiger partial charge in [0.25, 0.3) is 0 Å². The van der Waals surface area contributed by atoms with Gasteiger partial charge in [0.15, 0.2) is 0 Å². The molecular formula is C15H16F2N4O2. The van der Waals surface area contributed by atoms with Crippen molar-refractivity contribution in [3.8, 4) is 0 Å². The maximum absolute atomic E-state index is 13.6. The number of carbonyl (C=O) groups is 1. The third kappa shape index (κ3) is 3.41. The smallest absolute Gasteiger partial charge is 0.321 e. The van der Waals surface area contributed by atoms with Gasteiger partial charge in [-0.2, -0.15) is 0 Å². The van der Waals surface area contributed by atoms with Crippen molar-refractivity contribution in [1.29, 1.82) is 0 Å². The number of piperidine rings is 1. The number of nitrogens with two attached hydrogens (primary N) is 1. The summed E-state index contributed by atoms with van der Waals surface area (Å²) in [6.07, 6.45) is 1.43. The molecule has 0 aliphatic carbocycles. The Labute approximate surface area is 131 Å². The van der Waals surface area contributed by atoms with Gasteiger partial charge in [-0.3, -0.25) is 0 Å². The molecule has 0 bridgehead atoms. The second-order valence-electron chi connectivity index (χ2n) is 5.47. The van der Waals surface area contributed by atoms with Crippen LogP contribution in [0.5, 0.6) is 0 Å². The van der Waals surface area contributed by atoms with Crippen LogP contribution in [0.25, 0.3) is 0 Å². The first-order chi connectivity index (χ1) is 11.0. The van der Waals surface area contributed by atoms with Crippen molar-refractivity contribution in [2.24, 2.45) is 0 Å². The SMILES string of the molecule is Nc1cc(C2CCN(C(=O)Nc3ccc(F)cc3F)CC2)no1. The number of carbonyl (C=O) groups excluding carboxylic acids is 1. The molecule has 122 valence electrons. The summed E-state index contributed by atoms with van der Waals surface area (Å²) in [5, 5.41) is 6.35. The maximum atomic E-state index is 13.6. The molecule has 1 aliphatic rings. The third-order valence-corrected chi connectivity index (χ3v) is 3.92. The molecule has 1 aromatic carbocycles. The standard InChI is InChI=1S/C15H16F2N4O2/c16-10-1-2-12(11(17)7-10)19-15(22)21-5-3-9(4-6-21)13-8-14(18)23-20-13/h1-2,7-9H,3-6,18H2,(H,19,22). The summed E-state index contributed by atoms with van der Waals surface area (Å²) in [5.74, 6) is -1.03. The quantitative estimate of drug-likeness (QED) is 0.890. The Balaban J connectivity index is 1.58. The second kappa shape index (κ2) is 6.23. The highest BCUT2D eigenvalue weighted by molar-refractivity contribution is 5.89. The van der Waals surface area contributed by atoms with Crippen molar-refractivity contribution < 1.29 is 18.1 Å². The molecule has 3 N–H and O–H groups in total. The van der Waals surface area contributed by atoms with Crippen LogP contribution in [-0.4, -0.2) is 29.2 Å². The van der Waals surface area contributed by atoms with Gasteiger partial charge >= 0.3 is 6.03 Å². The third-order valence-electron chi connectivity index (χ3n) is 3.92. The van der Waals surface area contributed by atoms with Gasteiger partial charge in [-0.1, -0.05) is 5.16 Å². The number of likely N-dealkylation sites (tertiary alicyclic amines) is 1. The van der Waals surface area contributed by atoms with Crippen molar-refractivity contribution >= 4 is 17.6 Å². The number of nitrogen functional groups attached to an aromatic ring is 1. The van der Waals surface area contributed by atoms with Crippen LogP contribution < -0.4 is 11.1 Å². The molecule has 1 saturated heterocycles. The molecule has 23 heavy (non-hydrogen) atoms. The fraction of sp³-hybridized carbons (Fsp3) is 0.333. The van der Waals surface area contributed by atoms with Gasteiger partial charge in [0.05, 0.1) is 11.4 Å². The minimum Gasteiger partial charge on any atom is -0.368 e. The van der Waals surface area contributed by atoms with E-state index in [4.69, 9.17) is 10.3 Å². The molecule has 0 unspecified atom stereocenters. The molecule has 3 rings (SSSR count). The summed E-state index contributed by atoms with van der Waals surface area (Å²) < 4.78 is 31.3. The molecule has 1 aliphatic heterocycles. The Morgan fingerprint density at radius 2 is 2.04 bits per heavy atom. The number of anilines is 2. The summed E-state index contributed by atoms with van der Waals surface area (Å²) in [6.45, 7) is 1.01. The Morgan fingerprint density at radius 1 is 1.30 bits per heavy atom. The van der Waals surface area contributed by atoms with Crippen LogP contribution in [-0.2, 0) is 0 Å². The number of aromatic nitrogens is 1. The number of nitrogens with zero attached hydrogens (tertiary/aromatic N) is 2. The van der Waals surface area contributed by atoms with E-state index in [1.54, 1.807) is 11.0 Å². The highest BCUT2D eigenvalue weighted by Crippen LogP contribution is 2.28. The molecule has 0 spiro atoms. The maximum Gasteiger partial charge on any atom is 0.321 e. The van der Waals surface area contributed by atoms with E-state index in [9.17, 15) is 13.6 Å². The lowest BCUT2D eigenvalue weighted by Gasteiger charge is -2.31. The number of amides is 2. The van der Waals surface area contributed by atoms with E-state index in [2.05, 4.69) is 10.5 Å². The summed E-state index contributed by atoms with van der Waals surface area (Å²) in [4.78, 5) is 13.7. The summed E-state index contributed by atoms with van der Waals surface area (Å²) in [5.41, 5.74) is 6.25. The van der Waals surface area contributed by atoms with Crippen LogP contribution in [0, 0.1) is 11.6 Å². The van der Waals surface area contributed by atoms with Crippen LogP contribution in [0.1, 0.15) is 24.5 Å². The van der Waals surface area contributed by atoms with Crippen molar-refractivity contribution in [3.05, 3.63) is 41.6 Å². The Hall–Kier alpha value is -2.64. The second-order valence-corrected chi connectivity index (χ2v) is 5.47. The molecule has 2 aromatic rings. The summed E-state index contributed by atoms with van der Waals surface area (Å²) >= 11 is 0. The molecular weight excluding hydrogens is 306 g/mol. The summed E-state index contributed by atoms with van der Waals surface area (Å²) in [6, 6.07) is 4.31. The first-order valence-corrected chi connectivity index (χ1v) is 7.26. The van der Waals surface area contributed by atoms with Crippen molar-refractivity contribution in [3.63, 3.8) is 0 Å². The lowest BCUT2D eigenvalue weighted by atomic mass is 9.94. The van der Waals surface area contributed by atoms with Crippen molar-refractivity contribution in [2.45, 2.75) is 18.8 Å². The van der Waals surface area contributed by atoms with E-state index >= 15 is 0 Å². The fourth-order valence-electron chi connectivity index (χ4n) is 2.66. The molecule has 1 aromatic heterocycles. The number of rotatable bonds is 2. The first kappa shape index (κ1) is 15.3. The molecule has 6 nitrogen and oxygen atoms in total. The number of halogens is 2. The lowest BCUT2D eigenvalue weighted by molar-refractivity contribution is 0.193. The molecule has 0 atom stereocenters. The zero-order valence-corrected chi connectivity index (χ0v) is 12.3. The summed E-state index contributed by atoms with van der Waals surface area (Å²) in [7, 11) is 0. The minimum absolute atomic E-state index is 0.0391. The Bertz CT molecular complexity index is 711. The van der Waals surface area contributed by atoms with E-state index < -0.39 is 17.7 Å². The first-order valence-electron chi connectivity index (χ1n) is 7.26. The van der Waals surface area contributed by atoms with E-state index in [1.807, 2.05) is 0 Å². The van der Waals surface area contributed by atoms with Gasteiger partial charge in [0, 0.05) is 31.1 Å². The predicted molar refractivity (Wildman–Crippen MR) is 79.8 cm³/mol. The largest absolute Gasteiger partial charge is 0.368 e. The van der Waals surface area contributed by atoms with Gasteiger partial charge in [0.2, 0.25) is 5.88 Å². The molecule has 2 heterocycles. The van der Waals surface area contributed by atoms with Crippen LogP contribution in [0.15, 0.2) is 28.8 Å². The van der Waals surface area contributed by atoms with E-state index in [0.29, 0.717) is 25.9 Å². The van der Waals surface area contributed by atoms with E-state index in [0.717, 1.165) is 17.8 Å². The topological polar surface area (TPSA) is 84.4 Å². The zero-order valence-electron chi connectivity index (χ0n) is 12.3. The number of hydrogen-bond acceptors (Lipinski definition) is 4. The minimum atomic E-state index is -0.800. The number of benzene rings is 1. The molecule has 0 saturated carbocycles. The van der Waals surface area contributed by atoms with Crippen LogP contribution in [0.4, 0.5) is 25.1 Å². The van der Waals surface area contributed by atoms with Crippen molar-refractivity contribution in [1.82, 2.24) is 10.1 Å². The average molecular weight is 322 g/mol. The molecule has 0 radical (unpaired) electrons. The lowest BCUT2D eigenvalue weighted by Crippen LogP contribution is -2.40. The van der Waals surface area contributed by atoms with Gasteiger partial charge in [-0.25, -0.2) is 13.6 Å². The molecule has 8 heteroatoms. The van der Waals surface area contributed by atoms with Gasteiger partial charge in [0.1, 0.15) is 11.6 Å². The van der Waals surface area contributed by atoms with Crippen molar-refractivity contribution in [2.75, 3.05) is 24.1 Å². The van der Waals surface area contributed by atoms with Gasteiger partial charge < -0.3 is 20.5 Å².